The van der Waals surface area contributed by atoms with Crippen LogP contribution in [0.3, 0.4) is 0 Å². The molecule has 1 unspecified atom stereocenters. The fourth-order valence-electron chi connectivity index (χ4n) is 4.87. The molecule has 1 aliphatic rings. The molecule has 1 heterocycles. The van der Waals surface area contributed by atoms with Crippen LogP contribution in [0, 0.1) is 21.7 Å². The van der Waals surface area contributed by atoms with Crippen LogP contribution in [0.25, 0.3) is 0 Å². The lowest BCUT2D eigenvalue weighted by Crippen LogP contribution is -2.43. The summed E-state index contributed by atoms with van der Waals surface area (Å²) in [6.07, 6.45) is 1.85. The average Bonchev–Trinajstić information content (AvgIpc) is 2.90. The van der Waals surface area contributed by atoms with Crippen LogP contribution in [-0.4, -0.2) is 53.1 Å². The fourth-order valence-corrected chi connectivity index (χ4v) is 5.91. The highest BCUT2D eigenvalue weighted by molar-refractivity contribution is 7.97. The summed E-state index contributed by atoms with van der Waals surface area (Å²) in [5.41, 5.74) is 3.12. The Morgan fingerprint density at radius 2 is 1.50 bits per heavy atom. The van der Waals surface area contributed by atoms with Crippen LogP contribution >= 0.6 is 11.9 Å². The zero-order valence-electron chi connectivity index (χ0n) is 21.5. The summed E-state index contributed by atoms with van der Waals surface area (Å²) in [4.78, 5) is 18.9. The molecule has 3 aromatic carbocycles. The van der Waals surface area contributed by atoms with E-state index in [1.54, 1.807) is 18.9 Å². The van der Waals surface area contributed by atoms with Crippen molar-refractivity contribution in [2.24, 2.45) is 0 Å². The maximum absolute atomic E-state index is 13.5. The minimum absolute atomic E-state index is 0.0891. The summed E-state index contributed by atoms with van der Waals surface area (Å²) in [5, 5.41) is 9.92. The van der Waals surface area contributed by atoms with Crippen molar-refractivity contribution in [3.63, 3.8) is 0 Å². The predicted molar refractivity (Wildman–Crippen MR) is 145 cm³/mol. The van der Waals surface area contributed by atoms with E-state index >= 15 is 0 Å². The first kappa shape index (κ1) is 28.0. The van der Waals surface area contributed by atoms with E-state index in [1.165, 1.54) is 24.3 Å². The van der Waals surface area contributed by atoms with E-state index in [1.807, 2.05) is 42.5 Å². The molecule has 1 atom stereocenters. The summed E-state index contributed by atoms with van der Waals surface area (Å²) < 4.78 is 29.3. The number of piperazine rings is 1. The smallest absolute Gasteiger partial charge is 0.294 e. The molecule has 0 radical (unpaired) electrons. The first-order chi connectivity index (χ1) is 18.4. The van der Waals surface area contributed by atoms with Crippen molar-refractivity contribution < 1.29 is 18.7 Å². The van der Waals surface area contributed by atoms with Crippen LogP contribution in [0.4, 0.5) is 8.78 Å². The van der Waals surface area contributed by atoms with Gasteiger partial charge in [0.05, 0.1) is 0 Å². The van der Waals surface area contributed by atoms with Crippen LogP contribution in [0.2, 0.25) is 0 Å². The zero-order chi connectivity index (χ0) is 26.9. The van der Waals surface area contributed by atoms with Crippen LogP contribution in [-0.2, 0) is 11.3 Å². The minimum atomic E-state index is -0.735. The maximum Gasteiger partial charge on any atom is 0.294 e. The molecule has 3 aromatic rings. The highest BCUT2D eigenvalue weighted by Gasteiger charge is 2.21. The quantitative estimate of drug-likeness (QED) is 0.152. The molecule has 202 valence electrons. The SMILES string of the molecule is CC(Cc1ccccc1SN1CCN(CCCC(c2ccc(F)cc2)c2ccc(F)cc2)CC1)O[N+](=O)[O-]. The van der Waals surface area contributed by atoms with Gasteiger partial charge >= 0.3 is 0 Å². The van der Waals surface area contributed by atoms with Crippen LogP contribution < -0.4 is 0 Å². The van der Waals surface area contributed by atoms with Crippen LogP contribution in [0.5, 0.6) is 0 Å². The average molecular weight is 542 g/mol. The molecule has 0 aliphatic carbocycles. The Hall–Kier alpha value is -3.01. The molecule has 4 rings (SSSR count). The molecule has 38 heavy (non-hydrogen) atoms. The molecule has 0 N–H and O–H groups in total. The number of nitrogens with zero attached hydrogens (tertiary/aromatic N) is 3. The Bertz CT molecular complexity index is 1130. The third-order valence-electron chi connectivity index (χ3n) is 6.82. The zero-order valence-corrected chi connectivity index (χ0v) is 22.3. The standard InChI is InChI=1S/C29H33F2N3O3S/c1-22(37-34(35)36)21-25-5-2-3-7-29(25)38-33-19-17-32(18-20-33)16-4-6-28(23-8-12-26(30)13-9-23)24-10-14-27(31)15-11-24/h2-3,5,7-15,22,28H,4,6,16-21H2,1H3. The Labute approximate surface area is 226 Å². The molecule has 6 nitrogen and oxygen atoms in total. The third kappa shape index (κ3) is 8.24. The lowest BCUT2D eigenvalue weighted by atomic mass is 9.87. The molecule has 9 heteroatoms. The first-order valence-corrected chi connectivity index (χ1v) is 13.7. The highest BCUT2D eigenvalue weighted by atomic mass is 32.2. The van der Waals surface area contributed by atoms with Gasteiger partial charge in [-0.1, -0.05) is 42.5 Å². The van der Waals surface area contributed by atoms with Crippen LogP contribution in [0.1, 0.15) is 42.4 Å². The Morgan fingerprint density at radius 3 is 2.08 bits per heavy atom. The third-order valence-corrected chi connectivity index (χ3v) is 8.03. The summed E-state index contributed by atoms with van der Waals surface area (Å²) in [7, 11) is 0. The summed E-state index contributed by atoms with van der Waals surface area (Å²) in [6, 6.07) is 21.2. The normalized spacial score (nSPS) is 15.5. The second-order valence-corrected chi connectivity index (χ2v) is 10.8. The molecule has 1 aliphatic heterocycles. The van der Waals surface area contributed by atoms with Gasteiger partial charge in [-0.3, -0.25) is 0 Å². The second kappa shape index (κ2) is 13.7. The van der Waals surface area contributed by atoms with Crippen molar-refractivity contribution in [3.8, 4) is 0 Å². The molecule has 0 bridgehead atoms. The topological polar surface area (TPSA) is 58.8 Å². The van der Waals surface area contributed by atoms with E-state index in [-0.39, 0.29) is 17.6 Å². The number of hydrogen-bond acceptors (Lipinski definition) is 6. The number of halogens is 2. The van der Waals surface area contributed by atoms with Gasteiger partial charge in [-0.05, 0) is 91.7 Å². The molecule has 1 fully saturated rings. The molecule has 0 amide bonds. The van der Waals surface area contributed by atoms with Gasteiger partial charge < -0.3 is 9.74 Å². The van der Waals surface area contributed by atoms with Gasteiger partial charge in [-0.25, -0.2) is 13.1 Å². The summed E-state index contributed by atoms with van der Waals surface area (Å²) >= 11 is 1.70. The van der Waals surface area contributed by atoms with Crippen molar-refractivity contribution in [2.75, 3.05) is 32.7 Å². The van der Waals surface area contributed by atoms with Gasteiger partial charge in [0.1, 0.15) is 17.7 Å². The van der Waals surface area contributed by atoms with Crippen molar-refractivity contribution in [3.05, 3.63) is 111 Å². The minimum Gasteiger partial charge on any atom is -0.311 e. The van der Waals surface area contributed by atoms with Gasteiger partial charge in [0, 0.05) is 37.0 Å². The van der Waals surface area contributed by atoms with Crippen molar-refractivity contribution in [1.82, 2.24) is 9.21 Å². The highest BCUT2D eigenvalue weighted by Crippen LogP contribution is 2.31. The number of benzene rings is 3. The summed E-state index contributed by atoms with van der Waals surface area (Å²) in [5.74, 6) is -0.431. The van der Waals surface area contributed by atoms with Gasteiger partial charge in [0.25, 0.3) is 5.09 Å². The molecular formula is C29H33F2N3O3S. The molecule has 1 saturated heterocycles. The van der Waals surface area contributed by atoms with E-state index in [0.29, 0.717) is 6.42 Å². The summed E-state index contributed by atoms with van der Waals surface area (Å²) in [6.45, 7) is 6.41. The predicted octanol–water partition coefficient (Wildman–Crippen LogP) is 6.34. The van der Waals surface area contributed by atoms with Crippen molar-refractivity contribution >= 4 is 11.9 Å². The maximum atomic E-state index is 13.5. The largest absolute Gasteiger partial charge is 0.311 e. The van der Waals surface area contributed by atoms with Gasteiger partial charge in [-0.2, -0.15) is 0 Å². The van der Waals surface area contributed by atoms with E-state index in [9.17, 15) is 18.9 Å². The van der Waals surface area contributed by atoms with Gasteiger partial charge in [0.2, 0.25) is 0 Å². The van der Waals surface area contributed by atoms with E-state index < -0.39 is 11.2 Å². The van der Waals surface area contributed by atoms with Gasteiger partial charge in [-0.15, -0.1) is 10.1 Å². The van der Waals surface area contributed by atoms with Crippen LogP contribution in [0.15, 0.2) is 77.7 Å². The van der Waals surface area contributed by atoms with E-state index in [0.717, 1.165) is 67.2 Å². The molecular weight excluding hydrogens is 508 g/mol. The molecule has 0 spiro atoms. The fraction of sp³-hybridized carbons (Fsp3) is 0.379. The second-order valence-electron chi connectivity index (χ2n) is 9.61. The van der Waals surface area contributed by atoms with Gasteiger partial charge in [0.15, 0.2) is 0 Å². The molecule has 0 aromatic heterocycles. The first-order valence-electron chi connectivity index (χ1n) is 12.9. The van der Waals surface area contributed by atoms with Crippen molar-refractivity contribution in [1.29, 1.82) is 0 Å². The number of rotatable bonds is 12. The molecule has 0 saturated carbocycles. The number of hydrogen-bond donors (Lipinski definition) is 0. The lowest BCUT2D eigenvalue weighted by Gasteiger charge is -2.34. The monoisotopic (exact) mass is 541 g/mol. The Kier molecular flexibility index (Phi) is 10.1. The Morgan fingerprint density at radius 1 is 0.921 bits per heavy atom. The van der Waals surface area contributed by atoms with E-state index in [2.05, 4.69) is 15.3 Å². The van der Waals surface area contributed by atoms with E-state index in [4.69, 9.17) is 4.84 Å². The van der Waals surface area contributed by atoms with Crippen molar-refractivity contribution in [2.45, 2.75) is 43.1 Å². The lowest BCUT2D eigenvalue weighted by molar-refractivity contribution is -0.767. The Balaban J connectivity index is 1.28.